The van der Waals surface area contributed by atoms with E-state index in [1.54, 1.807) is 20.4 Å². The summed E-state index contributed by atoms with van der Waals surface area (Å²) in [7, 11) is 3.31. The lowest BCUT2D eigenvalue weighted by Crippen LogP contribution is -2.32. The number of aromatic nitrogens is 4. The molecule has 0 spiro atoms. The first-order valence-electron chi connectivity index (χ1n) is 8.51. The van der Waals surface area contributed by atoms with Gasteiger partial charge in [0.15, 0.2) is 17.6 Å². The molecule has 0 unspecified atom stereocenters. The van der Waals surface area contributed by atoms with Crippen LogP contribution in [0.15, 0.2) is 79.1 Å². The summed E-state index contributed by atoms with van der Waals surface area (Å²) in [6, 6.07) is 21.3. The highest BCUT2D eigenvalue weighted by Gasteiger charge is 2.22. The second-order valence-electron chi connectivity index (χ2n) is 5.87. The molecule has 4 rings (SSSR count). The minimum Gasteiger partial charge on any atom is -0.497 e. The van der Waals surface area contributed by atoms with Crippen LogP contribution in [0.5, 0.6) is 11.5 Å². The van der Waals surface area contributed by atoms with E-state index in [0.717, 1.165) is 34.3 Å². The Kier molecular flexibility index (Phi) is 4.53. The first kappa shape index (κ1) is 16.8. The SMILES string of the molecule is COc1ccc(-n2n[n+](-c3ccc(OC)cc3)cc2-c2ccccn2)cc1. The highest BCUT2D eigenvalue weighted by Crippen LogP contribution is 2.21. The minimum atomic E-state index is 0.799. The van der Waals surface area contributed by atoms with Gasteiger partial charge >= 0.3 is 0 Å². The molecular formula is C21H19N4O2+. The maximum absolute atomic E-state index is 5.26. The molecule has 6 nitrogen and oxygen atoms in total. The highest BCUT2D eigenvalue weighted by atomic mass is 16.5. The van der Waals surface area contributed by atoms with Crippen LogP contribution in [0.3, 0.4) is 0 Å². The number of nitrogens with zero attached hydrogens (tertiary/aromatic N) is 4. The van der Waals surface area contributed by atoms with Crippen molar-refractivity contribution < 1.29 is 14.2 Å². The van der Waals surface area contributed by atoms with E-state index in [1.165, 1.54) is 0 Å². The topological polar surface area (TPSA) is 53.0 Å². The van der Waals surface area contributed by atoms with E-state index in [4.69, 9.17) is 14.7 Å². The molecule has 0 aliphatic carbocycles. The summed E-state index contributed by atoms with van der Waals surface area (Å²) in [5.74, 6) is 1.60. The van der Waals surface area contributed by atoms with E-state index in [9.17, 15) is 0 Å². The molecule has 0 bridgehead atoms. The van der Waals surface area contributed by atoms with Gasteiger partial charge in [-0.3, -0.25) is 4.98 Å². The van der Waals surface area contributed by atoms with Gasteiger partial charge in [0.1, 0.15) is 22.4 Å². The second-order valence-corrected chi connectivity index (χ2v) is 5.87. The van der Waals surface area contributed by atoms with Crippen molar-refractivity contribution in [3.05, 3.63) is 79.1 Å². The fourth-order valence-corrected chi connectivity index (χ4v) is 2.81. The Morgan fingerprint density at radius 3 is 2.07 bits per heavy atom. The Labute approximate surface area is 157 Å². The van der Waals surface area contributed by atoms with Crippen molar-refractivity contribution in [1.29, 1.82) is 0 Å². The van der Waals surface area contributed by atoms with Gasteiger partial charge in [0.05, 0.1) is 14.2 Å². The Morgan fingerprint density at radius 2 is 1.48 bits per heavy atom. The second kappa shape index (κ2) is 7.29. The lowest BCUT2D eigenvalue weighted by atomic mass is 10.2. The van der Waals surface area contributed by atoms with Crippen LogP contribution in [0.25, 0.3) is 22.8 Å². The average molecular weight is 359 g/mol. The van der Waals surface area contributed by atoms with Gasteiger partial charge in [0, 0.05) is 6.20 Å². The zero-order chi connectivity index (χ0) is 18.6. The Bertz CT molecular complexity index is 1030. The molecule has 0 aliphatic heterocycles. The van der Waals surface area contributed by atoms with Gasteiger partial charge in [-0.2, -0.15) is 0 Å². The molecule has 0 saturated carbocycles. The number of rotatable bonds is 5. The quantitative estimate of drug-likeness (QED) is 0.514. The molecule has 0 saturated heterocycles. The number of hydrogen-bond donors (Lipinski definition) is 0. The minimum absolute atomic E-state index is 0.799. The number of pyridine rings is 1. The van der Waals surface area contributed by atoms with Crippen LogP contribution in [0.1, 0.15) is 0 Å². The number of benzene rings is 2. The molecular weight excluding hydrogens is 340 g/mol. The van der Waals surface area contributed by atoms with Gasteiger partial charge in [0.25, 0.3) is 0 Å². The van der Waals surface area contributed by atoms with Gasteiger partial charge < -0.3 is 9.47 Å². The van der Waals surface area contributed by atoms with Crippen LogP contribution < -0.4 is 14.2 Å². The van der Waals surface area contributed by atoms with E-state index in [-0.39, 0.29) is 0 Å². The van der Waals surface area contributed by atoms with E-state index in [0.29, 0.717) is 0 Å². The molecule has 2 aromatic carbocycles. The van der Waals surface area contributed by atoms with Crippen molar-refractivity contribution in [2.75, 3.05) is 14.2 Å². The number of methoxy groups -OCH3 is 2. The van der Waals surface area contributed by atoms with Gasteiger partial charge in [-0.15, -0.1) is 4.68 Å². The van der Waals surface area contributed by atoms with Gasteiger partial charge in [-0.25, -0.2) is 0 Å². The Hall–Kier alpha value is -3.67. The number of hydrogen-bond acceptors (Lipinski definition) is 4. The Morgan fingerprint density at radius 1 is 0.815 bits per heavy atom. The molecule has 0 N–H and O–H groups in total. The van der Waals surface area contributed by atoms with Crippen LogP contribution >= 0.6 is 0 Å². The summed E-state index contributed by atoms with van der Waals surface area (Å²) in [5, 5.41) is 4.75. The lowest BCUT2D eigenvalue weighted by Gasteiger charge is -2.01. The van der Waals surface area contributed by atoms with Crippen molar-refractivity contribution in [2.24, 2.45) is 0 Å². The summed E-state index contributed by atoms with van der Waals surface area (Å²) in [6.07, 6.45) is 3.74. The van der Waals surface area contributed by atoms with Crippen LogP contribution in [0, 0.1) is 0 Å². The molecule has 2 aromatic heterocycles. The third-order valence-electron chi connectivity index (χ3n) is 4.24. The molecule has 134 valence electrons. The largest absolute Gasteiger partial charge is 0.497 e. The summed E-state index contributed by atoms with van der Waals surface area (Å²) in [5.41, 5.74) is 3.58. The molecule has 4 aromatic rings. The first-order chi connectivity index (χ1) is 13.3. The fourth-order valence-electron chi connectivity index (χ4n) is 2.81. The van der Waals surface area contributed by atoms with Crippen LogP contribution in [-0.2, 0) is 0 Å². The predicted octanol–water partition coefficient (Wildman–Crippen LogP) is 3.23. The highest BCUT2D eigenvalue weighted by molar-refractivity contribution is 5.56. The van der Waals surface area contributed by atoms with Gasteiger partial charge in [-0.05, 0) is 60.7 Å². The zero-order valence-electron chi connectivity index (χ0n) is 15.1. The molecule has 6 heteroatoms. The summed E-state index contributed by atoms with van der Waals surface area (Å²) in [4.78, 5) is 4.48. The van der Waals surface area contributed by atoms with Crippen molar-refractivity contribution in [3.8, 4) is 34.3 Å². The van der Waals surface area contributed by atoms with Crippen molar-refractivity contribution in [3.63, 3.8) is 0 Å². The molecule has 0 fully saturated rings. The molecule has 0 aliphatic rings. The van der Waals surface area contributed by atoms with E-state index in [1.807, 2.05) is 82.3 Å². The zero-order valence-corrected chi connectivity index (χ0v) is 15.1. The third-order valence-corrected chi connectivity index (χ3v) is 4.24. The molecule has 0 amide bonds. The van der Waals surface area contributed by atoms with E-state index >= 15 is 0 Å². The van der Waals surface area contributed by atoms with Crippen molar-refractivity contribution in [1.82, 2.24) is 14.9 Å². The maximum Gasteiger partial charge on any atom is 0.223 e. The number of ether oxygens (including phenoxy) is 2. The third kappa shape index (κ3) is 3.37. The lowest BCUT2D eigenvalue weighted by molar-refractivity contribution is -0.660. The maximum atomic E-state index is 5.26. The molecule has 27 heavy (non-hydrogen) atoms. The van der Waals surface area contributed by atoms with Gasteiger partial charge in [-0.1, -0.05) is 10.7 Å². The molecule has 0 atom stereocenters. The molecule has 2 heterocycles. The monoisotopic (exact) mass is 359 g/mol. The fraction of sp³-hybridized carbons (Fsp3) is 0.0952. The molecule has 0 radical (unpaired) electrons. The summed E-state index contributed by atoms with van der Waals surface area (Å²) >= 11 is 0. The first-order valence-corrected chi connectivity index (χ1v) is 8.51. The normalized spacial score (nSPS) is 10.6. The van der Waals surface area contributed by atoms with E-state index < -0.39 is 0 Å². The standard InChI is InChI=1S/C21H19N4O2/c1-26-18-10-6-16(7-11-18)24-15-21(20-5-3-4-14-22-20)25(23-24)17-8-12-19(27-2)13-9-17/h3-15H,1-2H3/q+1. The van der Waals surface area contributed by atoms with E-state index in [2.05, 4.69) is 4.98 Å². The van der Waals surface area contributed by atoms with Crippen LogP contribution in [0.4, 0.5) is 0 Å². The van der Waals surface area contributed by atoms with Crippen LogP contribution in [-0.4, -0.2) is 29.1 Å². The predicted molar refractivity (Wildman–Crippen MR) is 101 cm³/mol. The Balaban J connectivity index is 1.83. The van der Waals surface area contributed by atoms with Crippen molar-refractivity contribution >= 4 is 0 Å². The average Bonchev–Trinajstić information content (AvgIpc) is 3.20. The van der Waals surface area contributed by atoms with Gasteiger partial charge in [0.2, 0.25) is 5.69 Å². The summed E-state index contributed by atoms with van der Waals surface area (Å²) < 4.78 is 14.2. The smallest absolute Gasteiger partial charge is 0.223 e. The van der Waals surface area contributed by atoms with Crippen molar-refractivity contribution in [2.45, 2.75) is 0 Å². The van der Waals surface area contributed by atoms with Crippen LogP contribution in [0.2, 0.25) is 0 Å². The summed E-state index contributed by atoms with van der Waals surface area (Å²) in [6.45, 7) is 0.